The molecule has 7 heteroatoms. The van der Waals surface area contributed by atoms with Gasteiger partial charge in [0.15, 0.2) is 0 Å². The first kappa shape index (κ1) is 16.9. The summed E-state index contributed by atoms with van der Waals surface area (Å²) in [6.45, 7) is 2.17. The largest absolute Gasteiger partial charge is 0.726 e. The van der Waals surface area contributed by atoms with Crippen LogP contribution in [-0.4, -0.2) is 26.3 Å². The van der Waals surface area contributed by atoms with Crippen molar-refractivity contribution in [3.63, 3.8) is 0 Å². The average molecular weight is 315 g/mol. The third-order valence-electron chi connectivity index (χ3n) is 2.77. The Morgan fingerprint density at radius 1 is 1.30 bits per heavy atom. The fourth-order valence-corrected chi connectivity index (χ4v) is 2.44. The SMILES string of the molecule is COS(=O)(=O)[O-].CSc1cc(C)c2ccccc2[n+]1C. The minimum absolute atomic E-state index is 0.808. The monoisotopic (exact) mass is 315 g/mol. The van der Waals surface area contributed by atoms with E-state index >= 15 is 0 Å². The van der Waals surface area contributed by atoms with E-state index in [0.717, 1.165) is 7.11 Å². The van der Waals surface area contributed by atoms with Crippen LogP contribution < -0.4 is 4.57 Å². The van der Waals surface area contributed by atoms with Crippen molar-refractivity contribution in [2.45, 2.75) is 11.9 Å². The van der Waals surface area contributed by atoms with Crippen molar-refractivity contribution < 1.29 is 21.7 Å². The summed E-state index contributed by atoms with van der Waals surface area (Å²) in [4.78, 5) is 0. The van der Waals surface area contributed by atoms with Gasteiger partial charge in [-0.05, 0) is 24.8 Å². The van der Waals surface area contributed by atoms with E-state index in [2.05, 4.69) is 59.3 Å². The van der Waals surface area contributed by atoms with Gasteiger partial charge < -0.3 is 4.55 Å². The first-order chi connectivity index (χ1) is 9.30. The molecule has 0 bridgehead atoms. The number of rotatable bonds is 2. The summed E-state index contributed by atoms with van der Waals surface area (Å²) in [7, 11) is -1.49. The second-order valence-corrected chi connectivity index (χ2v) is 6.00. The Balaban J connectivity index is 0.000000286. The summed E-state index contributed by atoms with van der Waals surface area (Å²) < 4.78 is 33.3. The van der Waals surface area contributed by atoms with Gasteiger partial charge in [-0.3, -0.25) is 4.18 Å². The highest BCUT2D eigenvalue weighted by molar-refractivity contribution is 7.98. The Bertz CT molecular complexity index is 699. The van der Waals surface area contributed by atoms with E-state index in [9.17, 15) is 13.0 Å². The van der Waals surface area contributed by atoms with Gasteiger partial charge in [0.05, 0.1) is 7.11 Å². The van der Waals surface area contributed by atoms with Gasteiger partial charge in [-0.1, -0.05) is 23.9 Å². The maximum atomic E-state index is 9.22. The zero-order valence-corrected chi connectivity index (χ0v) is 13.4. The molecule has 0 radical (unpaired) electrons. The predicted octanol–water partition coefficient (Wildman–Crippen LogP) is 1.79. The van der Waals surface area contributed by atoms with Gasteiger partial charge in [-0.15, -0.1) is 0 Å². The van der Waals surface area contributed by atoms with E-state index < -0.39 is 10.4 Å². The molecule has 0 saturated carbocycles. The lowest BCUT2D eigenvalue weighted by Crippen LogP contribution is -2.32. The minimum Gasteiger partial charge on any atom is -0.726 e. The molecule has 0 saturated heterocycles. The van der Waals surface area contributed by atoms with Crippen molar-refractivity contribution in [2.24, 2.45) is 7.05 Å². The van der Waals surface area contributed by atoms with Gasteiger partial charge in [0, 0.05) is 17.5 Å². The number of aryl methyl sites for hydroxylation is 2. The van der Waals surface area contributed by atoms with E-state index in [-0.39, 0.29) is 0 Å². The molecule has 0 aliphatic heterocycles. The van der Waals surface area contributed by atoms with Crippen LogP contribution in [-0.2, 0) is 21.6 Å². The van der Waals surface area contributed by atoms with Crippen LogP contribution in [0, 0.1) is 6.92 Å². The maximum absolute atomic E-state index is 9.22. The van der Waals surface area contributed by atoms with E-state index in [1.165, 1.54) is 21.5 Å². The van der Waals surface area contributed by atoms with Crippen LogP contribution in [0.1, 0.15) is 5.56 Å². The molecule has 1 heterocycles. The number of fused-ring (bicyclic) bond motifs is 1. The molecule has 0 N–H and O–H groups in total. The standard InChI is InChI=1S/C12H14NS.CH4O4S/c1-9-8-12(14-3)13(2)11-7-5-4-6-10(9)11;1-5-6(2,3)4/h4-8H,1-3H3;1H3,(H,2,3,4)/q+1;/p-1. The fraction of sp³-hybridized carbons (Fsp3) is 0.308. The van der Waals surface area contributed by atoms with Crippen LogP contribution in [0.4, 0.5) is 0 Å². The number of aromatic nitrogens is 1. The van der Waals surface area contributed by atoms with Crippen molar-refractivity contribution in [1.82, 2.24) is 0 Å². The van der Waals surface area contributed by atoms with E-state index in [0.29, 0.717) is 0 Å². The van der Waals surface area contributed by atoms with Crippen LogP contribution in [0.2, 0.25) is 0 Å². The number of hydrogen-bond donors (Lipinski definition) is 0. The Morgan fingerprint density at radius 2 is 1.85 bits per heavy atom. The van der Waals surface area contributed by atoms with Crippen LogP contribution in [0.5, 0.6) is 0 Å². The van der Waals surface area contributed by atoms with Gasteiger partial charge in [0.2, 0.25) is 20.9 Å². The molecule has 0 aliphatic carbocycles. The van der Waals surface area contributed by atoms with Crippen LogP contribution in [0.3, 0.4) is 0 Å². The molecule has 1 aromatic heterocycles. The highest BCUT2D eigenvalue weighted by atomic mass is 32.3. The van der Waals surface area contributed by atoms with Gasteiger partial charge in [-0.25, -0.2) is 8.42 Å². The topological polar surface area (TPSA) is 70.3 Å². The van der Waals surface area contributed by atoms with Crippen LogP contribution >= 0.6 is 11.8 Å². The highest BCUT2D eigenvalue weighted by Gasteiger charge is 2.12. The first-order valence-electron chi connectivity index (χ1n) is 5.74. The molecule has 1 aromatic carbocycles. The number of pyridine rings is 1. The number of hydrogen-bond acceptors (Lipinski definition) is 5. The van der Waals surface area contributed by atoms with Crippen LogP contribution in [0.15, 0.2) is 35.4 Å². The molecule has 2 rings (SSSR count). The molecule has 0 unspecified atom stereocenters. The minimum atomic E-state index is -4.41. The fourth-order valence-electron chi connectivity index (χ4n) is 1.77. The first-order valence-corrected chi connectivity index (χ1v) is 8.29. The average Bonchev–Trinajstić information content (AvgIpc) is 2.43. The number of para-hydroxylation sites is 1. The third-order valence-corrected chi connectivity index (χ3v) is 3.99. The molecule has 0 amide bonds. The molecule has 5 nitrogen and oxygen atoms in total. The molecule has 0 fully saturated rings. The summed E-state index contributed by atoms with van der Waals surface area (Å²) in [6.07, 6.45) is 2.11. The number of thioether (sulfide) groups is 1. The second-order valence-electron chi connectivity index (χ2n) is 4.02. The summed E-state index contributed by atoms with van der Waals surface area (Å²) in [5, 5.41) is 2.65. The molecular weight excluding hydrogens is 298 g/mol. The quantitative estimate of drug-likeness (QED) is 0.366. The zero-order chi connectivity index (χ0) is 15.3. The molecule has 0 atom stereocenters. The third kappa shape index (κ3) is 4.45. The second kappa shape index (κ2) is 7.03. The number of benzene rings is 1. The Hall–Kier alpha value is -1.15. The Morgan fingerprint density at radius 3 is 2.35 bits per heavy atom. The zero-order valence-electron chi connectivity index (χ0n) is 11.8. The molecule has 110 valence electrons. The Labute approximate surface area is 123 Å². The summed E-state index contributed by atoms with van der Waals surface area (Å²) in [5.74, 6) is 0. The van der Waals surface area contributed by atoms with Gasteiger partial charge in [-0.2, -0.15) is 4.57 Å². The lowest BCUT2D eigenvalue weighted by Gasteiger charge is -2.03. The molecule has 2 aromatic rings. The van der Waals surface area contributed by atoms with Crippen molar-refractivity contribution in [3.05, 3.63) is 35.9 Å². The molecular formula is C13H17NO4S2. The summed E-state index contributed by atoms with van der Waals surface area (Å²) >= 11 is 1.79. The lowest BCUT2D eigenvalue weighted by molar-refractivity contribution is -0.683. The summed E-state index contributed by atoms with van der Waals surface area (Å²) in [5.41, 5.74) is 2.65. The molecule has 0 aliphatic rings. The smallest absolute Gasteiger partial charge is 0.240 e. The van der Waals surface area contributed by atoms with Crippen molar-refractivity contribution in [1.29, 1.82) is 0 Å². The predicted molar refractivity (Wildman–Crippen MR) is 78.3 cm³/mol. The van der Waals surface area contributed by atoms with Crippen molar-refractivity contribution in [3.8, 4) is 0 Å². The Kier molecular flexibility index (Phi) is 5.94. The molecule has 0 spiro atoms. The maximum Gasteiger partial charge on any atom is 0.240 e. The normalized spacial score (nSPS) is 11.1. The summed E-state index contributed by atoms with van der Waals surface area (Å²) in [6, 6.07) is 10.8. The van der Waals surface area contributed by atoms with Gasteiger partial charge in [0.25, 0.3) is 0 Å². The van der Waals surface area contributed by atoms with E-state index in [1.54, 1.807) is 11.8 Å². The van der Waals surface area contributed by atoms with Crippen molar-refractivity contribution in [2.75, 3.05) is 13.4 Å². The van der Waals surface area contributed by atoms with Gasteiger partial charge in [0.1, 0.15) is 7.05 Å². The highest BCUT2D eigenvalue weighted by Crippen LogP contribution is 2.19. The van der Waals surface area contributed by atoms with E-state index in [1.807, 2.05) is 0 Å². The molecule has 20 heavy (non-hydrogen) atoms. The number of nitrogens with zero attached hydrogens (tertiary/aromatic N) is 1. The van der Waals surface area contributed by atoms with Gasteiger partial charge >= 0.3 is 0 Å². The lowest BCUT2D eigenvalue weighted by atomic mass is 10.1. The van der Waals surface area contributed by atoms with Crippen LogP contribution in [0.25, 0.3) is 10.9 Å². The van der Waals surface area contributed by atoms with E-state index in [4.69, 9.17) is 0 Å². The van der Waals surface area contributed by atoms with Crippen molar-refractivity contribution >= 4 is 33.1 Å².